The van der Waals surface area contributed by atoms with Gasteiger partial charge < -0.3 is 5.32 Å². The summed E-state index contributed by atoms with van der Waals surface area (Å²) in [5.41, 5.74) is 0.434. The molecule has 0 amide bonds. The lowest BCUT2D eigenvalue weighted by Crippen LogP contribution is -2.62. The molecule has 0 radical (unpaired) electrons. The van der Waals surface area contributed by atoms with Crippen LogP contribution in [-0.4, -0.2) is 29.6 Å². The molecule has 2 nitrogen and oxygen atoms in total. The smallest absolute Gasteiger partial charge is 0.127 e. The Hall–Kier alpha value is -1.00. The van der Waals surface area contributed by atoms with Crippen molar-refractivity contribution in [1.82, 2.24) is 10.2 Å². The molecule has 112 valence electrons. The third-order valence-corrected chi connectivity index (χ3v) is 4.01. The molecule has 1 aromatic rings. The molecule has 1 unspecified atom stereocenters. The first kappa shape index (κ1) is 15.4. The van der Waals surface area contributed by atoms with Gasteiger partial charge in [-0.1, -0.05) is 13.8 Å². The third-order valence-electron chi connectivity index (χ3n) is 4.01. The Morgan fingerprint density at radius 2 is 2.05 bits per heavy atom. The maximum Gasteiger partial charge on any atom is 0.127 e. The van der Waals surface area contributed by atoms with Gasteiger partial charge >= 0.3 is 0 Å². The Morgan fingerprint density at radius 3 is 2.70 bits per heavy atom. The number of nitrogens with zero attached hydrogens (tertiary/aromatic N) is 1. The van der Waals surface area contributed by atoms with E-state index in [1.807, 2.05) is 0 Å². The SMILES string of the molecule is CC(C)C1CNC(C)(C)CN1Cc1cc(F)ccc1F. The Labute approximate surface area is 120 Å². The zero-order valence-electron chi connectivity index (χ0n) is 12.7. The molecular weight excluding hydrogens is 258 g/mol. The molecule has 20 heavy (non-hydrogen) atoms. The first-order chi connectivity index (χ1) is 9.28. The van der Waals surface area contributed by atoms with Crippen LogP contribution in [0.3, 0.4) is 0 Å². The van der Waals surface area contributed by atoms with E-state index in [2.05, 4.69) is 37.9 Å². The van der Waals surface area contributed by atoms with E-state index in [-0.39, 0.29) is 17.2 Å². The Morgan fingerprint density at radius 1 is 1.35 bits per heavy atom. The lowest BCUT2D eigenvalue weighted by atomic mass is 9.92. The monoisotopic (exact) mass is 282 g/mol. The predicted molar refractivity (Wildman–Crippen MR) is 77.5 cm³/mol. The summed E-state index contributed by atoms with van der Waals surface area (Å²) < 4.78 is 27.1. The quantitative estimate of drug-likeness (QED) is 0.916. The molecule has 1 N–H and O–H groups in total. The fourth-order valence-electron chi connectivity index (χ4n) is 2.90. The van der Waals surface area contributed by atoms with Crippen LogP contribution in [0.2, 0.25) is 0 Å². The first-order valence-electron chi connectivity index (χ1n) is 7.21. The summed E-state index contributed by atoms with van der Waals surface area (Å²) in [7, 11) is 0. The van der Waals surface area contributed by atoms with E-state index in [1.165, 1.54) is 18.2 Å². The van der Waals surface area contributed by atoms with Crippen LogP contribution in [0.15, 0.2) is 18.2 Å². The van der Waals surface area contributed by atoms with Crippen molar-refractivity contribution in [3.05, 3.63) is 35.4 Å². The van der Waals surface area contributed by atoms with Crippen molar-refractivity contribution in [3.8, 4) is 0 Å². The summed E-state index contributed by atoms with van der Waals surface area (Å²) in [6.07, 6.45) is 0. The van der Waals surface area contributed by atoms with Crippen LogP contribution >= 0.6 is 0 Å². The minimum Gasteiger partial charge on any atom is -0.309 e. The first-order valence-corrected chi connectivity index (χ1v) is 7.21. The number of halogens is 2. The summed E-state index contributed by atoms with van der Waals surface area (Å²) >= 11 is 0. The highest BCUT2D eigenvalue weighted by molar-refractivity contribution is 5.19. The highest BCUT2D eigenvalue weighted by Crippen LogP contribution is 2.23. The van der Waals surface area contributed by atoms with Crippen LogP contribution in [0.25, 0.3) is 0 Å². The fraction of sp³-hybridized carbons (Fsp3) is 0.625. The summed E-state index contributed by atoms with van der Waals surface area (Å²) in [4.78, 5) is 2.26. The lowest BCUT2D eigenvalue weighted by Gasteiger charge is -2.46. The lowest BCUT2D eigenvalue weighted by molar-refractivity contribution is 0.0617. The normalized spacial score (nSPS) is 23.2. The van der Waals surface area contributed by atoms with Crippen LogP contribution in [-0.2, 0) is 6.54 Å². The Balaban J connectivity index is 2.20. The van der Waals surface area contributed by atoms with Crippen LogP contribution in [0, 0.1) is 17.6 Å². The van der Waals surface area contributed by atoms with Gasteiger partial charge in [0.2, 0.25) is 0 Å². The molecule has 1 atom stereocenters. The molecule has 1 heterocycles. The summed E-state index contributed by atoms with van der Waals surface area (Å²) in [6, 6.07) is 4.02. The zero-order chi connectivity index (χ0) is 14.9. The second-order valence-corrected chi connectivity index (χ2v) is 6.72. The van der Waals surface area contributed by atoms with Gasteiger partial charge in [0.05, 0.1) is 0 Å². The molecule has 0 aliphatic carbocycles. The molecule has 4 heteroatoms. The molecule has 1 aliphatic rings. The van der Waals surface area contributed by atoms with Gasteiger partial charge in [-0.25, -0.2) is 8.78 Å². The van der Waals surface area contributed by atoms with Gasteiger partial charge in [0, 0.05) is 36.8 Å². The van der Waals surface area contributed by atoms with Gasteiger partial charge in [-0.05, 0) is 38.0 Å². The van der Waals surface area contributed by atoms with E-state index in [9.17, 15) is 8.78 Å². The predicted octanol–water partition coefficient (Wildman–Crippen LogP) is 3.17. The van der Waals surface area contributed by atoms with Gasteiger partial charge in [0.1, 0.15) is 11.6 Å². The van der Waals surface area contributed by atoms with Crippen molar-refractivity contribution in [2.75, 3.05) is 13.1 Å². The van der Waals surface area contributed by atoms with E-state index in [0.717, 1.165) is 13.1 Å². The summed E-state index contributed by atoms with van der Waals surface area (Å²) in [5, 5.41) is 3.52. The largest absolute Gasteiger partial charge is 0.309 e. The van der Waals surface area contributed by atoms with E-state index >= 15 is 0 Å². The van der Waals surface area contributed by atoms with Crippen molar-refractivity contribution in [2.24, 2.45) is 5.92 Å². The van der Waals surface area contributed by atoms with Gasteiger partial charge in [-0.2, -0.15) is 0 Å². The molecule has 0 spiro atoms. The maximum atomic E-state index is 13.8. The standard InChI is InChI=1S/C16H24F2N2/c1-11(2)15-8-19-16(3,4)10-20(15)9-12-7-13(17)5-6-14(12)18/h5-7,11,15,19H,8-10H2,1-4H3. The van der Waals surface area contributed by atoms with Gasteiger partial charge in [0.25, 0.3) is 0 Å². The van der Waals surface area contributed by atoms with E-state index in [4.69, 9.17) is 0 Å². The highest BCUT2D eigenvalue weighted by atomic mass is 19.1. The second kappa shape index (κ2) is 5.78. The molecule has 2 rings (SSSR count). The number of piperazine rings is 1. The van der Waals surface area contributed by atoms with Gasteiger partial charge in [-0.15, -0.1) is 0 Å². The van der Waals surface area contributed by atoms with Crippen molar-refractivity contribution in [2.45, 2.75) is 45.8 Å². The second-order valence-electron chi connectivity index (χ2n) is 6.72. The molecule has 1 fully saturated rings. The van der Waals surface area contributed by atoms with Crippen LogP contribution in [0.5, 0.6) is 0 Å². The van der Waals surface area contributed by atoms with Crippen LogP contribution in [0.1, 0.15) is 33.3 Å². The number of hydrogen-bond acceptors (Lipinski definition) is 2. The Kier molecular flexibility index (Phi) is 4.45. The van der Waals surface area contributed by atoms with E-state index < -0.39 is 0 Å². The average Bonchev–Trinajstić information content (AvgIpc) is 2.32. The van der Waals surface area contributed by atoms with E-state index in [1.54, 1.807) is 0 Å². The van der Waals surface area contributed by atoms with Crippen LogP contribution in [0.4, 0.5) is 8.78 Å². The number of hydrogen-bond donors (Lipinski definition) is 1. The minimum absolute atomic E-state index is 0.00477. The zero-order valence-corrected chi connectivity index (χ0v) is 12.7. The molecule has 0 bridgehead atoms. The summed E-state index contributed by atoms with van der Waals surface area (Å²) in [5.74, 6) is -0.239. The molecule has 1 aromatic carbocycles. The van der Waals surface area contributed by atoms with Crippen molar-refractivity contribution in [1.29, 1.82) is 0 Å². The number of nitrogens with one attached hydrogen (secondary N) is 1. The fourth-order valence-corrected chi connectivity index (χ4v) is 2.90. The number of benzene rings is 1. The van der Waals surface area contributed by atoms with Crippen molar-refractivity contribution in [3.63, 3.8) is 0 Å². The molecule has 1 aliphatic heterocycles. The van der Waals surface area contributed by atoms with Gasteiger partial charge in [0.15, 0.2) is 0 Å². The molecular formula is C16H24F2N2. The minimum atomic E-state index is -0.378. The van der Waals surface area contributed by atoms with Gasteiger partial charge in [-0.3, -0.25) is 4.90 Å². The Bertz CT molecular complexity index is 472. The highest BCUT2D eigenvalue weighted by Gasteiger charge is 2.34. The average molecular weight is 282 g/mol. The third kappa shape index (κ3) is 3.55. The maximum absolute atomic E-state index is 13.8. The molecule has 0 aromatic heterocycles. The summed E-state index contributed by atoms with van der Waals surface area (Å²) in [6.45, 7) is 10.8. The molecule has 1 saturated heterocycles. The van der Waals surface area contributed by atoms with Crippen molar-refractivity contribution >= 4 is 0 Å². The number of rotatable bonds is 3. The molecule has 0 saturated carbocycles. The van der Waals surface area contributed by atoms with Crippen LogP contribution < -0.4 is 5.32 Å². The van der Waals surface area contributed by atoms with Crippen molar-refractivity contribution < 1.29 is 8.78 Å². The van der Waals surface area contributed by atoms with E-state index in [0.29, 0.717) is 24.1 Å². The topological polar surface area (TPSA) is 15.3 Å².